The van der Waals surface area contributed by atoms with Crippen molar-refractivity contribution in [2.45, 2.75) is 51.6 Å². The van der Waals surface area contributed by atoms with Gasteiger partial charge in [0, 0.05) is 45.1 Å². The van der Waals surface area contributed by atoms with Gasteiger partial charge < -0.3 is 10.1 Å². The third kappa shape index (κ3) is 3.84. The van der Waals surface area contributed by atoms with Crippen molar-refractivity contribution >= 4 is 34.7 Å². The van der Waals surface area contributed by atoms with Gasteiger partial charge in [0.05, 0.1) is 11.7 Å². The summed E-state index contributed by atoms with van der Waals surface area (Å²) in [5, 5.41) is 5.93. The molecule has 1 aliphatic carbocycles. The van der Waals surface area contributed by atoms with Crippen molar-refractivity contribution in [2.24, 2.45) is 0 Å². The lowest BCUT2D eigenvalue weighted by molar-refractivity contribution is -0.143. The van der Waals surface area contributed by atoms with Crippen LogP contribution in [0.4, 0.5) is 0 Å². The molecule has 2 aromatic rings. The smallest absolute Gasteiger partial charge is 0.337 e. The van der Waals surface area contributed by atoms with E-state index in [0.717, 1.165) is 17.7 Å². The van der Waals surface area contributed by atoms with Gasteiger partial charge in [-0.05, 0) is 50.3 Å². The minimum atomic E-state index is -0.530. The molecule has 1 aromatic heterocycles. The van der Waals surface area contributed by atoms with Crippen LogP contribution >= 0.6 is 22.9 Å². The zero-order chi connectivity index (χ0) is 21.4. The lowest BCUT2D eigenvalue weighted by Crippen LogP contribution is -2.36. The van der Waals surface area contributed by atoms with E-state index in [4.69, 9.17) is 16.3 Å². The summed E-state index contributed by atoms with van der Waals surface area (Å²) in [6.45, 7) is 5.50. The molecule has 0 fully saturated rings. The van der Waals surface area contributed by atoms with E-state index in [2.05, 4.69) is 11.4 Å². The van der Waals surface area contributed by atoms with E-state index >= 15 is 0 Å². The fraction of sp³-hybridized carbons (Fsp3) is 0.333. The highest BCUT2D eigenvalue weighted by molar-refractivity contribution is 7.10. The average Bonchev–Trinajstić information content (AvgIpc) is 3.21. The molecule has 4 nitrogen and oxygen atoms in total. The van der Waals surface area contributed by atoms with Crippen LogP contribution in [-0.2, 0) is 14.3 Å². The van der Waals surface area contributed by atoms with Crippen molar-refractivity contribution in [1.82, 2.24) is 5.32 Å². The van der Waals surface area contributed by atoms with E-state index in [1.807, 2.05) is 50.4 Å². The molecule has 156 valence electrons. The molecule has 1 N–H and O–H groups in total. The highest BCUT2D eigenvalue weighted by Crippen LogP contribution is 2.47. The Morgan fingerprint density at radius 2 is 1.97 bits per heavy atom. The molecular formula is C24H24ClNO3S. The van der Waals surface area contributed by atoms with Gasteiger partial charge in [0.15, 0.2) is 5.78 Å². The summed E-state index contributed by atoms with van der Waals surface area (Å²) in [5.74, 6) is -0.750. The number of dihydropyridines is 1. The first-order valence-electron chi connectivity index (χ1n) is 10.1. The third-order valence-electron chi connectivity index (χ3n) is 5.55. The highest BCUT2D eigenvalue weighted by atomic mass is 35.5. The summed E-state index contributed by atoms with van der Waals surface area (Å²) in [6.07, 6.45) is 0.894. The van der Waals surface area contributed by atoms with Gasteiger partial charge in [-0.25, -0.2) is 4.79 Å². The largest absolute Gasteiger partial charge is 0.460 e. The van der Waals surface area contributed by atoms with Gasteiger partial charge in [-0.3, -0.25) is 4.79 Å². The van der Waals surface area contributed by atoms with Crippen LogP contribution in [0.2, 0.25) is 5.02 Å². The van der Waals surface area contributed by atoms with Gasteiger partial charge in [0.2, 0.25) is 0 Å². The van der Waals surface area contributed by atoms with Crippen molar-refractivity contribution in [3.8, 4) is 0 Å². The standard InChI is InChI=1S/C24H24ClNO3S/c1-13(2)29-24(28)21-14(3)26-18-11-15(20-9-6-10-30-20)12-19(27)23(18)22(21)16-7-4-5-8-17(16)25/h4-10,13,15,22,26H,11-12H2,1-3H3/t15-,22-/m0/s1. The van der Waals surface area contributed by atoms with E-state index in [9.17, 15) is 9.59 Å². The third-order valence-corrected chi connectivity index (χ3v) is 6.93. The Hall–Kier alpha value is -2.37. The summed E-state index contributed by atoms with van der Waals surface area (Å²) in [6, 6.07) is 11.5. The van der Waals surface area contributed by atoms with E-state index < -0.39 is 11.9 Å². The molecule has 0 radical (unpaired) electrons. The molecule has 1 aromatic carbocycles. The molecule has 30 heavy (non-hydrogen) atoms. The number of nitrogens with one attached hydrogen (secondary N) is 1. The molecule has 4 rings (SSSR count). The molecule has 2 aliphatic rings. The minimum absolute atomic E-state index is 0.0504. The number of hydrogen-bond acceptors (Lipinski definition) is 5. The van der Waals surface area contributed by atoms with Crippen LogP contribution in [0.5, 0.6) is 0 Å². The average molecular weight is 442 g/mol. The topological polar surface area (TPSA) is 55.4 Å². The van der Waals surface area contributed by atoms with E-state index in [1.54, 1.807) is 17.4 Å². The van der Waals surface area contributed by atoms with Gasteiger partial charge >= 0.3 is 5.97 Å². The maximum absolute atomic E-state index is 13.4. The zero-order valence-corrected chi connectivity index (χ0v) is 18.8. The van der Waals surface area contributed by atoms with Gasteiger partial charge in [-0.15, -0.1) is 11.3 Å². The van der Waals surface area contributed by atoms with Crippen LogP contribution in [0.1, 0.15) is 55.9 Å². The number of halogens is 1. The lowest BCUT2D eigenvalue weighted by Gasteiger charge is -2.36. The fourth-order valence-electron chi connectivity index (χ4n) is 4.33. The molecule has 2 atom stereocenters. The number of ketones is 1. The van der Waals surface area contributed by atoms with Crippen LogP contribution in [0.15, 0.2) is 64.3 Å². The number of benzene rings is 1. The number of hydrogen-bond donors (Lipinski definition) is 1. The molecule has 0 amide bonds. The van der Waals surface area contributed by atoms with Crippen LogP contribution in [0.3, 0.4) is 0 Å². The van der Waals surface area contributed by atoms with Crippen molar-refractivity contribution in [2.75, 3.05) is 0 Å². The van der Waals surface area contributed by atoms with Gasteiger partial charge in [-0.2, -0.15) is 0 Å². The van der Waals surface area contributed by atoms with E-state index in [-0.39, 0.29) is 17.8 Å². The Labute approximate surface area is 185 Å². The maximum atomic E-state index is 13.4. The molecule has 0 unspecified atom stereocenters. The summed E-state index contributed by atoms with van der Waals surface area (Å²) < 4.78 is 5.53. The maximum Gasteiger partial charge on any atom is 0.337 e. The van der Waals surface area contributed by atoms with Crippen molar-refractivity contribution < 1.29 is 14.3 Å². The second-order valence-electron chi connectivity index (χ2n) is 8.01. The van der Waals surface area contributed by atoms with Crippen molar-refractivity contribution in [1.29, 1.82) is 0 Å². The Morgan fingerprint density at radius 3 is 2.63 bits per heavy atom. The predicted octanol–water partition coefficient (Wildman–Crippen LogP) is 5.71. The number of carbonyl (C=O) groups is 2. The van der Waals surface area contributed by atoms with Crippen LogP contribution < -0.4 is 5.32 Å². The summed E-state index contributed by atoms with van der Waals surface area (Å²) in [4.78, 5) is 27.7. The van der Waals surface area contributed by atoms with Crippen molar-refractivity contribution in [3.05, 3.63) is 79.8 Å². The van der Waals surface area contributed by atoms with Gasteiger partial charge in [-0.1, -0.05) is 35.9 Å². The Bertz CT molecular complexity index is 1050. The molecule has 6 heteroatoms. The van der Waals surface area contributed by atoms with Crippen LogP contribution in [0.25, 0.3) is 0 Å². The number of thiophene rings is 1. The normalized spacial score (nSPS) is 21.6. The van der Waals surface area contributed by atoms with Crippen molar-refractivity contribution in [3.63, 3.8) is 0 Å². The quantitative estimate of drug-likeness (QED) is 0.617. The Morgan fingerprint density at radius 1 is 1.20 bits per heavy atom. The summed E-state index contributed by atoms with van der Waals surface area (Å²) >= 11 is 8.22. The minimum Gasteiger partial charge on any atom is -0.460 e. The number of rotatable bonds is 4. The number of esters is 1. The first-order valence-corrected chi connectivity index (χ1v) is 11.4. The SMILES string of the molecule is CC1=C(C(=O)OC(C)C)[C@H](c2ccccc2Cl)C2=C(C[C@H](c3cccs3)CC2=O)N1. The second-order valence-corrected chi connectivity index (χ2v) is 9.39. The van der Waals surface area contributed by atoms with E-state index in [0.29, 0.717) is 28.3 Å². The molecular weight excluding hydrogens is 418 g/mol. The summed E-state index contributed by atoms with van der Waals surface area (Å²) in [5.41, 5.74) is 3.44. The van der Waals surface area contributed by atoms with E-state index in [1.165, 1.54) is 4.88 Å². The molecule has 0 saturated carbocycles. The second kappa shape index (κ2) is 8.40. The molecule has 2 heterocycles. The Kier molecular flexibility index (Phi) is 5.85. The van der Waals surface area contributed by atoms with Gasteiger partial charge in [0.1, 0.15) is 0 Å². The zero-order valence-electron chi connectivity index (χ0n) is 17.2. The lowest BCUT2D eigenvalue weighted by atomic mass is 9.72. The molecule has 1 aliphatic heterocycles. The molecule has 0 saturated heterocycles. The monoisotopic (exact) mass is 441 g/mol. The highest BCUT2D eigenvalue weighted by Gasteiger charge is 2.42. The molecule has 0 bridgehead atoms. The van der Waals surface area contributed by atoms with Gasteiger partial charge in [0.25, 0.3) is 0 Å². The number of carbonyl (C=O) groups excluding carboxylic acids is 2. The number of Topliss-reactive ketones (excluding diaryl/α,β-unsaturated/α-hetero) is 1. The van der Waals surface area contributed by atoms with Crippen LogP contribution in [0, 0.1) is 0 Å². The first kappa shape index (κ1) is 20.9. The fourth-order valence-corrected chi connectivity index (χ4v) is 5.41. The number of ether oxygens (including phenoxy) is 1. The predicted molar refractivity (Wildman–Crippen MR) is 120 cm³/mol. The number of allylic oxidation sites excluding steroid dienone is 3. The Balaban J connectivity index is 1.83. The summed E-state index contributed by atoms with van der Waals surface area (Å²) in [7, 11) is 0. The van der Waals surface area contributed by atoms with Crippen LogP contribution in [-0.4, -0.2) is 17.9 Å². The first-order chi connectivity index (χ1) is 14.4. The molecule has 0 spiro atoms.